The highest BCUT2D eigenvalue weighted by Gasteiger charge is 2.11. The molecule has 0 unspecified atom stereocenters. The first-order chi connectivity index (χ1) is 12.1. The van der Waals surface area contributed by atoms with E-state index >= 15 is 0 Å². The van der Waals surface area contributed by atoms with Crippen LogP contribution in [-0.2, 0) is 4.79 Å². The van der Waals surface area contributed by atoms with Gasteiger partial charge in [-0.15, -0.1) is 6.58 Å². The second kappa shape index (κ2) is 9.19. The summed E-state index contributed by atoms with van der Waals surface area (Å²) in [5.74, 6) is -0.129. The summed E-state index contributed by atoms with van der Waals surface area (Å²) < 4.78 is 5.09. The molecule has 0 aliphatic rings. The van der Waals surface area contributed by atoms with E-state index in [-0.39, 0.29) is 11.0 Å². The molecule has 0 bridgehead atoms. The molecule has 0 saturated carbocycles. The van der Waals surface area contributed by atoms with E-state index in [4.69, 9.17) is 16.6 Å². The van der Waals surface area contributed by atoms with Gasteiger partial charge in [0.05, 0.1) is 17.5 Å². The van der Waals surface area contributed by atoms with Crippen LogP contribution in [0.5, 0.6) is 0 Å². The average Bonchev–Trinajstić information content (AvgIpc) is 3.12. The molecule has 6 nitrogen and oxygen atoms in total. The molecule has 1 aromatic carbocycles. The minimum Gasteiger partial charge on any atom is -0.465 e. The molecule has 1 heterocycles. The molecule has 0 atom stereocenters. The first kappa shape index (κ1) is 18.2. The fraction of sp³-hybridized carbons (Fsp3) is 0.0556. The number of thiocarbonyl (C=S) groups is 1. The van der Waals surface area contributed by atoms with Gasteiger partial charge < -0.3 is 15.1 Å². The highest BCUT2D eigenvalue weighted by atomic mass is 32.1. The van der Waals surface area contributed by atoms with E-state index in [1.807, 2.05) is 0 Å². The largest absolute Gasteiger partial charge is 0.465 e. The van der Waals surface area contributed by atoms with Crippen molar-refractivity contribution in [2.24, 2.45) is 0 Å². The molecule has 0 aliphatic carbocycles. The van der Waals surface area contributed by atoms with Crippen LogP contribution in [-0.4, -0.2) is 23.5 Å². The lowest BCUT2D eigenvalue weighted by atomic mass is 10.1. The first-order valence-electron chi connectivity index (χ1n) is 7.42. The predicted molar refractivity (Wildman–Crippen MR) is 101 cm³/mol. The Hall–Kier alpha value is -3.19. The number of amides is 2. The Morgan fingerprint density at radius 3 is 2.72 bits per heavy atom. The van der Waals surface area contributed by atoms with E-state index < -0.39 is 5.91 Å². The Kier molecular flexibility index (Phi) is 6.67. The maximum Gasteiger partial charge on any atom is 0.253 e. The van der Waals surface area contributed by atoms with Gasteiger partial charge in [0.15, 0.2) is 5.11 Å². The number of rotatable bonds is 6. The predicted octanol–water partition coefficient (Wildman–Crippen LogP) is 2.72. The van der Waals surface area contributed by atoms with Crippen LogP contribution >= 0.6 is 12.2 Å². The van der Waals surface area contributed by atoms with Crippen molar-refractivity contribution in [1.82, 2.24) is 10.6 Å². The Labute approximate surface area is 150 Å². The third kappa shape index (κ3) is 5.74. The highest BCUT2D eigenvalue weighted by molar-refractivity contribution is 7.80. The van der Waals surface area contributed by atoms with Crippen molar-refractivity contribution in [3.05, 3.63) is 72.7 Å². The molecule has 3 N–H and O–H groups in total. The van der Waals surface area contributed by atoms with Gasteiger partial charge in [-0.25, -0.2) is 0 Å². The number of hydrogen-bond acceptors (Lipinski definition) is 4. The molecule has 2 rings (SSSR count). The fourth-order valence-corrected chi connectivity index (χ4v) is 2.11. The molecule has 0 saturated heterocycles. The zero-order chi connectivity index (χ0) is 18.1. The zero-order valence-electron chi connectivity index (χ0n) is 13.3. The molecule has 0 radical (unpaired) electrons. The van der Waals surface area contributed by atoms with Gasteiger partial charge in [0.25, 0.3) is 5.91 Å². The number of carbonyl (C=O) groups is 2. The molecule has 25 heavy (non-hydrogen) atoms. The number of furan rings is 1. The number of benzene rings is 1. The summed E-state index contributed by atoms with van der Waals surface area (Å²) in [6.45, 7) is 3.91. The Morgan fingerprint density at radius 2 is 2.00 bits per heavy atom. The van der Waals surface area contributed by atoms with Gasteiger partial charge in [0.1, 0.15) is 5.76 Å². The Morgan fingerprint density at radius 1 is 1.20 bits per heavy atom. The van der Waals surface area contributed by atoms with Crippen LogP contribution in [0.2, 0.25) is 0 Å². The van der Waals surface area contributed by atoms with Gasteiger partial charge >= 0.3 is 0 Å². The van der Waals surface area contributed by atoms with Crippen molar-refractivity contribution in [2.75, 3.05) is 11.9 Å². The normalized spacial score (nSPS) is 10.2. The maximum absolute atomic E-state index is 12.1. The molecule has 7 heteroatoms. The van der Waals surface area contributed by atoms with Gasteiger partial charge in [0, 0.05) is 12.6 Å². The van der Waals surface area contributed by atoms with Crippen molar-refractivity contribution in [3.8, 4) is 0 Å². The molecular weight excluding hydrogens is 338 g/mol. The van der Waals surface area contributed by atoms with Crippen LogP contribution in [0.1, 0.15) is 16.1 Å². The minimum atomic E-state index is -0.414. The number of nitrogens with one attached hydrogen (secondary N) is 3. The van der Waals surface area contributed by atoms with Crippen molar-refractivity contribution in [3.63, 3.8) is 0 Å². The van der Waals surface area contributed by atoms with E-state index in [0.29, 0.717) is 23.6 Å². The summed E-state index contributed by atoms with van der Waals surface area (Å²) in [6, 6.07) is 10.3. The number of anilines is 1. The van der Waals surface area contributed by atoms with Gasteiger partial charge in [-0.1, -0.05) is 18.2 Å². The summed E-state index contributed by atoms with van der Waals surface area (Å²) >= 11 is 5.11. The molecule has 1 aromatic heterocycles. The quantitative estimate of drug-likeness (QED) is 0.422. The third-order valence-electron chi connectivity index (χ3n) is 3.01. The van der Waals surface area contributed by atoms with Crippen molar-refractivity contribution in [1.29, 1.82) is 0 Å². The Balaban J connectivity index is 1.97. The topological polar surface area (TPSA) is 83.4 Å². The molecule has 0 fully saturated rings. The van der Waals surface area contributed by atoms with Crippen LogP contribution in [0.25, 0.3) is 6.08 Å². The van der Waals surface area contributed by atoms with E-state index in [9.17, 15) is 9.59 Å². The van der Waals surface area contributed by atoms with Crippen LogP contribution in [0, 0.1) is 0 Å². The number of carbonyl (C=O) groups excluding carboxylic acids is 2. The monoisotopic (exact) mass is 355 g/mol. The van der Waals surface area contributed by atoms with Gasteiger partial charge in [-0.05, 0) is 42.6 Å². The Bertz CT molecular complexity index is 798. The van der Waals surface area contributed by atoms with Crippen LogP contribution in [0.4, 0.5) is 5.69 Å². The smallest absolute Gasteiger partial charge is 0.253 e. The lowest BCUT2D eigenvalue weighted by Crippen LogP contribution is -2.34. The SMILES string of the molecule is C=CCNC(=O)c1ccccc1NC(=S)NC(=O)/C=C/c1ccco1. The minimum absolute atomic E-state index is 0.0815. The van der Waals surface area contributed by atoms with E-state index in [1.165, 1.54) is 18.4 Å². The number of para-hydroxylation sites is 1. The first-order valence-corrected chi connectivity index (χ1v) is 7.82. The molecule has 2 aromatic rings. The lowest BCUT2D eigenvalue weighted by Gasteiger charge is -2.12. The van der Waals surface area contributed by atoms with Gasteiger partial charge in [-0.3, -0.25) is 14.9 Å². The van der Waals surface area contributed by atoms with E-state index in [2.05, 4.69) is 22.5 Å². The summed E-state index contributed by atoms with van der Waals surface area (Å²) in [5.41, 5.74) is 0.899. The average molecular weight is 355 g/mol. The summed E-state index contributed by atoms with van der Waals surface area (Å²) in [6.07, 6.45) is 5.92. The fourth-order valence-electron chi connectivity index (χ4n) is 1.90. The van der Waals surface area contributed by atoms with Crippen molar-refractivity contribution in [2.45, 2.75) is 0 Å². The standard InChI is InChI=1S/C18H17N3O3S/c1-2-11-19-17(23)14-7-3-4-8-15(14)20-18(25)21-16(22)10-9-13-6-5-12-24-13/h2-10,12H,1,11H2,(H,19,23)(H2,20,21,22,25)/b10-9+. The molecule has 128 valence electrons. The number of hydrogen-bond donors (Lipinski definition) is 3. The third-order valence-corrected chi connectivity index (χ3v) is 3.21. The lowest BCUT2D eigenvalue weighted by molar-refractivity contribution is -0.115. The molecule has 0 aliphatic heterocycles. The second-order valence-corrected chi connectivity index (χ2v) is 5.24. The van der Waals surface area contributed by atoms with Gasteiger partial charge in [-0.2, -0.15) is 0 Å². The van der Waals surface area contributed by atoms with Crippen molar-refractivity contribution >= 4 is 40.9 Å². The molecule has 0 spiro atoms. The second-order valence-electron chi connectivity index (χ2n) is 4.84. The maximum atomic E-state index is 12.1. The van der Waals surface area contributed by atoms with Crippen LogP contribution in [0.15, 0.2) is 65.8 Å². The molecular formula is C18H17N3O3S. The van der Waals surface area contributed by atoms with Crippen LogP contribution < -0.4 is 16.0 Å². The van der Waals surface area contributed by atoms with Crippen molar-refractivity contribution < 1.29 is 14.0 Å². The zero-order valence-corrected chi connectivity index (χ0v) is 14.1. The summed E-state index contributed by atoms with van der Waals surface area (Å²) in [5, 5.41) is 8.12. The van der Waals surface area contributed by atoms with Gasteiger partial charge in [0.2, 0.25) is 5.91 Å². The highest BCUT2D eigenvalue weighted by Crippen LogP contribution is 2.14. The van der Waals surface area contributed by atoms with Crippen LogP contribution in [0.3, 0.4) is 0 Å². The van der Waals surface area contributed by atoms with E-state index in [0.717, 1.165) is 0 Å². The molecule has 2 amide bonds. The summed E-state index contributed by atoms with van der Waals surface area (Å²) in [4.78, 5) is 24.0. The van der Waals surface area contributed by atoms with E-state index in [1.54, 1.807) is 42.5 Å². The summed E-state index contributed by atoms with van der Waals surface area (Å²) in [7, 11) is 0.